The van der Waals surface area contributed by atoms with Crippen molar-refractivity contribution in [3.63, 3.8) is 0 Å². The number of sulfonamides is 1. The van der Waals surface area contributed by atoms with Gasteiger partial charge in [-0.05, 0) is 49.8 Å². The Morgan fingerprint density at radius 2 is 1.82 bits per heavy atom. The number of ether oxygens (including phenoxy) is 4. The van der Waals surface area contributed by atoms with E-state index in [0.29, 0.717) is 5.56 Å². The largest absolute Gasteiger partial charge is 0.504 e. The van der Waals surface area contributed by atoms with E-state index in [1.165, 1.54) is 68.7 Å². The van der Waals surface area contributed by atoms with Crippen LogP contribution in [0.15, 0.2) is 72.2 Å². The molecule has 1 aliphatic rings. The van der Waals surface area contributed by atoms with Gasteiger partial charge in [0.25, 0.3) is 15.9 Å². The van der Waals surface area contributed by atoms with E-state index in [1.54, 1.807) is 6.92 Å². The predicted molar refractivity (Wildman–Crippen MR) is 143 cm³/mol. The lowest BCUT2D eigenvalue weighted by molar-refractivity contribution is -0.128. The highest BCUT2D eigenvalue weighted by Crippen LogP contribution is 2.39. The maximum atomic E-state index is 13.7. The van der Waals surface area contributed by atoms with Crippen LogP contribution in [0, 0.1) is 5.41 Å². The molecule has 0 saturated heterocycles. The number of carbonyl (C=O) groups is 2. The maximum Gasteiger partial charge on any atom is 0.336 e. The van der Waals surface area contributed by atoms with Crippen LogP contribution >= 0.6 is 0 Å². The first-order valence-electron chi connectivity index (χ1n) is 11.3. The second-order valence-corrected chi connectivity index (χ2v) is 9.82. The van der Waals surface area contributed by atoms with Crippen molar-refractivity contribution in [3.05, 3.63) is 83.3 Å². The average molecular weight is 555 g/mol. The zero-order chi connectivity index (χ0) is 28.7. The van der Waals surface area contributed by atoms with E-state index in [-0.39, 0.29) is 50.3 Å². The SMILES string of the molecule is C=C/C=C(\C)S(=O)(=O)N(C(=N)/C=C\C)C(=O)c1cc2c(cc1OC(=O)/C=C/c1ccc(O)c(OC)c1)OCO2. The van der Waals surface area contributed by atoms with E-state index in [2.05, 4.69) is 6.58 Å². The Hall–Kier alpha value is -4.84. The van der Waals surface area contributed by atoms with Crippen LogP contribution in [-0.2, 0) is 14.8 Å². The number of amidine groups is 1. The number of phenolic OH excluding ortho intramolecular Hbond substituents is 1. The van der Waals surface area contributed by atoms with Gasteiger partial charge in [-0.3, -0.25) is 10.2 Å². The van der Waals surface area contributed by atoms with Crippen LogP contribution in [0.25, 0.3) is 6.08 Å². The molecule has 0 fully saturated rings. The highest BCUT2D eigenvalue weighted by molar-refractivity contribution is 7.94. The minimum atomic E-state index is -4.51. The Balaban J connectivity index is 2.03. The van der Waals surface area contributed by atoms with Gasteiger partial charge < -0.3 is 24.1 Å². The van der Waals surface area contributed by atoms with Gasteiger partial charge >= 0.3 is 5.97 Å². The van der Waals surface area contributed by atoms with Gasteiger partial charge in [-0.15, -0.1) is 0 Å². The maximum absolute atomic E-state index is 13.7. The number of nitrogens with one attached hydrogen (secondary N) is 1. The highest BCUT2D eigenvalue weighted by atomic mass is 32.2. The van der Waals surface area contributed by atoms with E-state index in [4.69, 9.17) is 24.4 Å². The smallest absolute Gasteiger partial charge is 0.336 e. The molecule has 11 nitrogen and oxygen atoms in total. The number of phenols is 1. The fourth-order valence-electron chi connectivity index (χ4n) is 3.36. The molecule has 0 spiro atoms. The topological polar surface area (TPSA) is 153 Å². The van der Waals surface area contributed by atoms with Crippen molar-refractivity contribution in [2.24, 2.45) is 0 Å². The van der Waals surface area contributed by atoms with Crippen molar-refractivity contribution in [2.75, 3.05) is 13.9 Å². The van der Waals surface area contributed by atoms with Crippen LogP contribution in [-0.4, -0.2) is 49.4 Å². The van der Waals surface area contributed by atoms with Crippen molar-refractivity contribution in [2.45, 2.75) is 13.8 Å². The summed E-state index contributed by atoms with van der Waals surface area (Å²) in [5, 5.41) is 18.0. The van der Waals surface area contributed by atoms with E-state index < -0.39 is 27.7 Å². The Morgan fingerprint density at radius 1 is 1.13 bits per heavy atom. The molecule has 2 N–H and O–H groups in total. The number of methoxy groups -OCH3 is 1. The molecule has 0 atom stereocenters. The third-order valence-electron chi connectivity index (χ3n) is 5.26. The first-order chi connectivity index (χ1) is 18.5. The molecule has 1 amide bonds. The first-order valence-corrected chi connectivity index (χ1v) is 12.8. The van der Waals surface area contributed by atoms with Crippen molar-refractivity contribution >= 4 is 33.8 Å². The number of hydrogen-bond acceptors (Lipinski definition) is 10. The fraction of sp³-hybridized carbons (Fsp3) is 0.148. The molecular weight excluding hydrogens is 528 g/mol. The third kappa shape index (κ3) is 6.36. The van der Waals surface area contributed by atoms with Crippen molar-refractivity contribution in [1.29, 1.82) is 5.41 Å². The molecule has 1 heterocycles. The van der Waals surface area contributed by atoms with E-state index >= 15 is 0 Å². The molecule has 3 rings (SSSR count). The quantitative estimate of drug-likeness (QED) is 0.116. The number of esters is 1. The zero-order valence-electron chi connectivity index (χ0n) is 21.3. The number of hydrogen-bond donors (Lipinski definition) is 2. The second-order valence-electron chi connectivity index (χ2n) is 7.86. The van der Waals surface area contributed by atoms with Gasteiger partial charge in [0.05, 0.1) is 17.6 Å². The summed E-state index contributed by atoms with van der Waals surface area (Å²) in [5.74, 6) is -2.63. The minimum absolute atomic E-state index is 0.0816. The summed E-state index contributed by atoms with van der Waals surface area (Å²) >= 11 is 0. The van der Waals surface area contributed by atoms with Crippen molar-refractivity contribution in [3.8, 4) is 28.7 Å². The summed E-state index contributed by atoms with van der Waals surface area (Å²) in [6.07, 6.45) is 7.40. The molecular formula is C27H26N2O9S. The van der Waals surface area contributed by atoms with E-state index in [0.717, 1.165) is 12.2 Å². The monoisotopic (exact) mass is 554 g/mol. The van der Waals surface area contributed by atoms with E-state index in [1.807, 2.05) is 0 Å². The summed E-state index contributed by atoms with van der Waals surface area (Å²) in [6.45, 7) is 6.11. The number of rotatable bonds is 9. The summed E-state index contributed by atoms with van der Waals surface area (Å²) in [6, 6.07) is 6.81. The standard InChI is InChI=1S/C27H26N2O9S/c1-5-7-17(3)39(33,34)29(25(28)8-6-2)27(32)19-14-23-24(37-16-36-23)15-21(19)38-26(31)12-10-18-9-11-20(30)22(13-18)35-4/h5-15,28,30H,1,16H2,2-4H3/b8-6-,12-10+,17-7+,28-25?. The molecule has 0 saturated carbocycles. The fourth-order valence-corrected chi connectivity index (χ4v) is 4.55. The van der Waals surface area contributed by atoms with Gasteiger partial charge in [0, 0.05) is 18.2 Å². The highest BCUT2D eigenvalue weighted by Gasteiger charge is 2.35. The number of benzene rings is 2. The van der Waals surface area contributed by atoms with Gasteiger partial charge in [0.15, 0.2) is 23.0 Å². The molecule has 2 aromatic carbocycles. The lowest BCUT2D eigenvalue weighted by atomic mass is 10.1. The predicted octanol–water partition coefficient (Wildman–Crippen LogP) is 4.16. The third-order valence-corrected chi connectivity index (χ3v) is 7.05. The Kier molecular flexibility index (Phi) is 8.94. The number of fused-ring (bicyclic) bond motifs is 1. The Bertz CT molecular complexity index is 1520. The second kappa shape index (κ2) is 12.1. The summed E-state index contributed by atoms with van der Waals surface area (Å²) in [5.41, 5.74) is 0.140. The van der Waals surface area contributed by atoms with Crippen LogP contribution in [0.5, 0.6) is 28.7 Å². The molecule has 0 aliphatic carbocycles. The summed E-state index contributed by atoms with van der Waals surface area (Å²) < 4.78 is 47.9. The van der Waals surface area contributed by atoms with Crippen LogP contribution in [0.4, 0.5) is 0 Å². The lowest BCUT2D eigenvalue weighted by Gasteiger charge is -2.22. The molecule has 12 heteroatoms. The van der Waals surface area contributed by atoms with E-state index in [9.17, 15) is 23.1 Å². The summed E-state index contributed by atoms with van der Waals surface area (Å²) in [7, 11) is -3.13. The molecule has 0 aromatic heterocycles. The van der Waals surface area contributed by atoms with Crippen molar-refractivity contribution in [1.82, 2.24) is 4.31 Å². The molecule has 204 valence electrons. The molecule has 0 bridgehead atoms. The number of nitrogens with zero attached hydrogens (tertiary/aromatic N) is 1. The van der Waals surface area contributed by atoms with Crippen LogP contribution in [0.1, 0.15) is 29.8 Å². The van der Waals surface area contributed by atoms with Gasteiger partial charge in [0.2, 0.25) is 6.79 Å². The Labute approximate surface area is 225 Å². The minimum Gasteiger partial charge on any atom is -0.504 e. The first kappa shape index (κ1) is 28.7. The van der Waals surface area contributed by atoms with Gasteiger partial charge in [-0.25, -0.2) is 13.2 Å². The molecule has 2 aromatic rings. The normalized spacial score (nSPS) is 12.9. The van der Waals surface area contributed by atoms with Gasteiger partial charge in [-0.1, -0.05) is 24.8 Å². The number of amides is 1. The average Bonchev–Trinajstić information content (AvgIpc) is 3.35. The molecule has 39 heavy (non-hydrogen) atoms. The number of carbonyl (C=O) groups excluding carboxylic acids is 2. The van der Waals surface area contributed by atoms with Crippen LogP contribution in [0.2, 0.25) is 0 Å². The van der Waals surface area contributed by atoms with Gasteiger partial charge in [0.1, 0.15) is 11.6 Å². The van der Waals surface area contributed by atoms with Crippen LogP contribution in [0.3, 0.4) is 0 Å². The number of aromatic hydroxyl groups is 1. The number of allylic oxidation sites excluding steroid dienone is 4. The molecule has 1 aliphatic heterocycles. The Morgan fingerprint density at radius 3 is 2.46 bits per heavy atom. The molecule has 0 radical (unpaired) electrons. The zero-order valence-corrected chi connectivity index (χ0v) is 22.2. The molecule has 0 unspecified atom stereocenters. The van der Waals surface area contributed by atoms with Crippen molar-refractivity contribution < 1.29 is 42.1 Å². The summed E-state index contributed by atoms with van der Waals surface area (Å²) in [4.78, 5) is 26.1. The van der Waals surface area contributed by atoms with Gasteiger partial charge in [-0.2, -0.15) is 4.31 Å². The van der Waals surface area contributed by atoms with Crippen LogP contribution < -0.4 is 18.9 Å². The lowest BCUT2D eigenvalue weighted by Crippen LogP contribution is -2.41.